The molecule has 1 aliphatic rings. The number of likely N-dealkylation sites (N-methyl/N-ethyl adjacent to an activating group) is 1. The van der Waals surface area contributed by atoms with Gasteiger partial charge in [0, 0.05) is 26.1 Å². The van der Waals surface area contributed by atoms with E-state index in [9.17, 15) is 15.0 Å². The molecule has 0 radical (unpaired) electrons. The van der Waals surface area contributed by atoms with E-state index in [2.05, 4.69) is 36.9 Å². The number of likely N-dealkylation sites (tertiary alicyclic amines) is 1. The molecule has 3 aromatic rings. The number of carbonyl (C=O) groups excluding carboxylic acids is 1. The third-order valence-electron chi connectivity index (χ3n) is 8.01. The van der Waals surface area contributed by atoms with Gasteiger partial charge < -0.3 is 15.1 Å². The van der Waals surface area contributed by atoms with E-state index in [1.807, 2.05) is 54.4 Å². The fourth-order valence-corrected chi connectivity index (χ4v) is 5.54. The van der Waals surface area contributed by atoms with Gasteiger partial charge in [-0.2, -0.15) is 0 Å². The molecule has 4 rings (SSSR count). The van der Waals surface area contributed by atoms with Crippen molar-refractivity contribution in [2.75, 3.05) is 20.1 Å². The number of benzene rings is 3. The van der Waals surface area contributed by atoms with Gasteiger partial charge in [-0.3, -0.25) is 9.69 Å². The fourth-order valence-electron chi connectivity index (χ4n) is 5.54. The highest BCUT2D eigenvalue weighted by molar-refractivity contribution is 5.76. The number of aromatic hydroxyl groups is 2. The van der Waals surface area contributed by atoms with E-state index in [0.29, 0.717) is 36.5 Å². The van der Waals surface area contributed by atoms with Crippen molar-refractivity contribution in [2.45, 2.75) is 51.1 Å². The zero-order chi connectivity index (χ0) is 25.7. The van der Waals surface area contributed by atoms with Crippen molar-refractivity contribution in [1.29, 1.82) is 0 Å². The highest BCUT2D eigenvalue weighted by Crippen LogP contribution is 2.38. The molecule has 0 saturated carbocycles. The molecule has 1 unspecified atom stereocenters. The standard InChI is InChI=1S/C31H38N2O3/c1-22-23(2)33(19-18-29(22)26-10-7-11-28(35)20-26)21-30(25-8-5-4-6-9-25)32(3)31(36)17-14-24-12-15-27(34)16-13-24/h4-13,15-16,20,22-23,29-30,34-35H,14,17-19,21H2,1-3H3/t22-,23?,29+,30+/m0/s1. The number of rotatable bonds is 8. The SMILES string of the molecule is CC1[C@H](C)[C@H](c2cccc(O)c2)CCN1C[C@H](c1ccccc1)N(C)C(=O)CCc1ccc(O)cc1. The molecule has 1 fully saturated rings. The van der Waals surface area contributed by atoms with Crippen LogP contribution in [0.5, 0.6) is 11.5 Å². The summed E-state index contributed by atoms with van der Waals surface area (Å²) >= 11 is 0. The first kappa shape index (κ1) is 25.8. The van der Waals surface area contributed by atoms with Crippen molar-refractivity contribution in [3.63, 3.8) is 0 Å². The number of hydrogen-bond donors (Lipinski definition) is 2. The summed E-state index contributed by atoms with van der Waals surface area (Å²) in [6.45, 7) is 6.32. The fraction of sp³-hybridized carbons (Fsp3) is 0.387. The minimum absolute atomic E-state index is 0.0366. The van der Waals surface area contributed by atoms with Crippen LogP contribution in [0.15, 0.2) is 78.9 Å². The van der Waals surface area contributed by atoms with E-state index < -0.39 is 0 Å². The number of amides is 1. The van der Waals surface area contributed by atoms with Gasteiger partial charge in [0.25, 0.3) is 0 Å². The van der Waals surface area contributed by atoms with Crippen molar-refractivity contribution in [3.05, 3.63) is 95.6 Å². The number of hydrogen-bond acceptors (Lipinski definition) is 4. The molecule has 36 heavy (non-hydrogen) atoms. The lowest BCUT2D eigenvalue weighted by molar-refractivity contribution is -0.132. The summed E-state index contributed by atoms with van der Waals surface area (Å²) in [6, 6.07) is 25.4. The van der Waals surface area contributed by atoms with E-state index in [-0.39, 0.29) is 17.7 Å². The van der Waals surface area contributed by atoms with Gasteiger partial charge in [-0.15, -0.1) is 0 Å². The minimum atomic E-state index is -0.0366. The lowest BCUT2D eigenvalue weighted by Crippen LogP contribution is -2.49. The average Bonchev–Trinajstić information content (AvgIpc) is 2.89. The number of phenolic OH excluding ortho intramolecular Hbond substituents is 2. The second-order valence-corrected chi connectivity index (χ2v) is 10.2. The second-order valence-electron chi connectivity index (χ2n) is 10.2. The number of phenols is 2. The van der Waals surface area contributed by atoms with Gasteiger partial charge >= 0.3 is 0 Å². The Morgan fingerprint density at radius 1 is 0.972 bits per heavy atom. The summed E-state index contributed by atoms with van der Waals surface area (Å²) in [5.74, 6) is 1.51. The Labute approximate surface area is 215 Å². The van der Waals surface area contributed by atoms with Crippen LogP contribution in [0.4, 0.5) is 0 Å². The number of piperidine rings is 1. The van der Waals surface area contributed by atoms with Crippen molar-refractivity contribution < 1.29 is 15.0 Å². The number of aryl methyl sites for hydroxylation is 1. The third-order valence-corrected chi connectivity index (χ3v) is 8.01. The zero-order valence-electron chi connectivity index (χ0n) is 21.5. The van der Waals surface area contributed by atoms with Gasteiger partial charge in [0.15, 0.2) is 0 Å². The topological polar surface area (TPSA) is 64.0 Å². The van der Waals surface area contributed by atoms with E-state index in [0.717, 1.165) is 30.6 Å². The van der Waals surface area contributed by atoms with Crippen LogP contribution in [0, 0.1) is 5.92 Å². The molecule has 3 aromatic carbocycles. The van der Waals surface area contributed by atoms with Gasteiger partial charge in [0.1, 0.15) is 11.5 Å². The summed E-state index contributed by atoms with van der Waals surface area (Å²) in [6.07, 6.45) is 2.10. The predicted molar refractivity (Wildman–Crippen MR) is 144 cm³/mol. The smallest absolute Gasteiger partial charge is 0.223 e. The molecule has 190 valence electrons. The van der Waals surface area contributed by atoms with E-state index in [4.69, 9.17) is 0 Å². The van der Waals surface area contributed by atoms with Crippen molar-refractivity contribution in [3.8, 4) is 11.5 Å². The maximum Gasteiger partial charge on any atom is 0.223 e. The monoisotopic (exact) mass is 486 g/mol. The van der Waals surface area contributed by atoms with Crippen molar-refractivity contribution in [2.24, 2.45) is 5.92 Å². The number of carbonyl (C=O) groups is 1. The van der Waals surface area contributed by atoms with Gasteiger partial charge in [-0.25, -0.2) is 0 Å². The van der Waals surface area contributed by atoms with Crippen LogP contribution in [-0.2, 0) is 11.2 Å². The minimum Gasteiger partial charge on any atom is -0.508 e. The normalized spacial score (nSPS) is 21.1. The molecule has 1 heterocycles. The molecule has 0 spiro atoms. The Balaban J connectivity index is 1.46. The van der Waals surface area contributed by atoms with Gasteiger partial charge in [-0.1, -0.05) is 61.5 Å². The van der Waals surface area contributed by atoms with Crippen LogP contribution in [0.25, 0.3) is 0 Å². The highest BCUT2D eigenvalue weighted by atomic mass is 16.3. The maximum absolute atomic E-state index is 13.3. The number of nitrogens with zero attached hydrogens (tertiary/aromatic N) is 2. The molecular weight excluding hydrogens is 448 g/mol. The summed E-state index contributed by atoms with van der Waals surface area (Å²) in [7, 11) is 1.92. The molecule has 5 heteroatoms. The molecule has 5 nitrogen and oxygen atoms in total. The van der Waals surface area contributed by atoms with Crippen LogP contribution in [-0.4, -0.2) is 52.1 Å². The highest BCUT2D eigenvalue weighted by Gasteiger charge is 2.35. The Kier molecular flexibility index (Phi) is 8.32. The molecule has 1 amide bonds. The van der Waals surface area contributed by atoms with Crippen molar-refractivity contribution >= 4 is 5.91 Å². The summed E-state index contributed by atoms with van der Waals surface area (Å²) in [5, 5.41) is 19.5. The van der Waals surface area contributed by atoms with E-state index in [1.165, 1.54) is 5.56 Å². The quantitative estimate of drug-likeness (QED) is 0.426. The molecule has 4 atom stereocenters. The molecule has 1 saturated heterocycles. The molecule has 0 bridgehead atoms. The Bertz CT molecular complexity index is 1130. The maximum atomic E-state index is 13.3. The van der Waals surface area contributed by atoms with Gasteiger partial charge in [-0.05, 0) is 79.1 Å². The second kappa shape index (κ2) is 11.6. The first-order valence-corrected chi connectivity index (χ1v) is 12.9. The first-order valence-electron chi connectivity index (χ1n) is 12.9. The Hall–Kier alpha value is -3.31. The van der Waals surface area contributed by atoms with E-state index >= 15 is 0 Å². The average molecular weight is 487 g/mol. The molecule has 2 N–H and O–H groups in total. The molecule has 0 aromatic heterocycles. The van der Waals surface area contributed by atoms with Crippen molar-refractivity contribution in [1.82, 2.24) is 9.80 Å². The van der Waals surface area contributed by atoms with Crippen LogP contribution >= 0.6 is 0 Å². The third kappa shape index (κ3) is 6.08. The van der Waals surface area contributed by atoms with Gasteiger partial charge in [0.05, 0.1) is 6.04 Å². The largest absolute Gasteiger partial charge is 0.508 e. The van der Waals surface area contributed by atoms with Crippen LogP contribution < -0.4 is 0 Å². The van der Waals surface area contributed by atoms with Crippen LogP contribution in [0.1, 0.15) is 55.3 Å². The zero-order valence-corrected chi connectivity index (χ0v) is 21.5. The Morgan fingerprint density at radius 3 is 2.39 bits per heavy atom. The summed E-state index contributed by atoms with van der Waals surface area (Å²) in [4.78, 5) is 17.7. The summed E-state index contributed by atoms with van der Waals surface area (Å²) in [5.41, 5.74) is 3.39. The predicted octanol–water partition coefficient (Wildman–Crippen LogP) is 5.74. The molecule has 0 aliphatic carbocycles. The molecular formula is C31H38N2O3. The van der Waals surface area contributed by atoms with E-state index in [1.54, 1.807) is 18.2 Å². The first-order chi connectivity index (χ1) is 17.3. The van der Waals surface area contributed by atoms with Crippen LogP contribution in [0.3, 0.4) is 0 Å². The molecule has 1 aliphatic heterocycles. The Morgan fingerprint density at radius 2 is 1.69 bits per heavy atom. The van der Waals surface area contributed by atoms with Gasteiger partial charge in [0.2, 0.25) is 5.91 Å². The lowest BCUT2D eigenvalue weighted by atomic mass is 9.77. The van der Waals surface area contributed by atoms with Crippen LogP contribution in [0.2, 0.25) is 0 Å². The lowest BCUT2D eigenvalue weighted by Gasteiger charge is -2.45. The summed E-state index contributed by atoms with van der Waals surface area (Å²) < 4.78 is 0.